The summed E-state index contributed by atoms with van der Waals surface area (Å²) < 4.78 is 22.5. The van der Waals surface area contributed by atoms with E-state index in [1.54, 1.807) is 16.9 Å². The van der Waals surface area contributed by atoms with Gasteiger partial charge in [0.05, 0.1) is 17.1 Å². The maximum Gasteiger partial charge on any atom is 0.145 e. The fourth-order valence-corrected chi connectivity index (χ4v) is 4.47. The molecule has 2 aromatic rings. The highest BCUT2D eigenvalue weighted by Gasteiger charge is 2.39. The van der Waals surface area contributed by atoms with Gasteiger partial charge in [-0.3, -0.25) is 9.99 Å². The number of ether oxygens (including phenoxy) is 1. The summed E-state index contributed by atoms with van der Waals surface area (Å²) in [4.78, 5) is 4.42. The second-order valence-electron chi connectivity index (χ2n) is 7.49. The van der Waals surface area contributed by atoms with E-state index in [0.29, 0.717) is 12.3 Å². The number of hydrogen-bond donors (Lipinski definition) is 0. The zero-order chi connectivity index (χ0) is 19.0. The molecule has 0 radical (unpaired) electrons. The lowest BCUT2D eigenvalue weighted by Crippen LogP contribution is -2.33. The van der Waals surface area contributed by atoms with Crippen molar-refractivity contribution in [3.8, 4) is 0 Å². The second kappa shape index (κ2) is 7.34. The molecule has 4 atom stereocenters. The Morgan fingerprint density at radius 1 is 1.33 bits per heavy atom. The molecule has 2 aliphatic rings. The van der Waals surface area contributed by atoms with Crippen LogP contribution in [0.3, 0.4) is 0 Å². The van der Waals surface area contributed by atoms with Crippen LogP contribution in [0.25, 0.3) is 0 Å². The number of aromatic nitrogens is 4. The van der Waals surface area contributed by atoms with E-state index in [-0.39, 0.29) is 29.7 Å². The van der Waals surface area contributed by atoms with Gasteiger partial charge in [-0.25, -0.2) is 9.07 Å². The second-order valence-corrected chi connectivity index (χ2v) is 7.49. The molecule has 1 saturated heterocycles. The minimum absolute atomic E-state index is 0.0345. The van der Waals surface area contributed by atoms with E-state index in [4.69, 9.17) is 4.74 Å². The Bertz CT molecular complexity index is 818. The Kier molecular flexibility index (Phi) is 4.90. The maximum absolute atomic E-state index is 14.7. The molecule has 0 amide bonds. The van der Waals surface area contributed by atoms with Crippen molar-refractivity contribution in [2.45, 2.75) is 31.8 Å². The Hall–Kier alpha value is -2.35. The fraction of sp³-hybridized carbons (Fsp3) is 0.579. The van der Waals surface area contributed by atoms with Gasteiger partial charge in [-0.05, 0) is 37.8 Å². The number of rotatable bonds is 4. The third-order valence-electron chi connectivity index (χ3n) is 5.68. The van der Waals surface area contributed by atoms with E-state index < -0.39 is 0 Å². The molecule has 3 unspecified atom stereocenters. The first-order valence-electron chi connectivity index (χ1n) is 9.38. The van der Waals surface area contributed by atoms with Crippen molar-refractivity contribution >= 4 is 6.21 Å². The number of hydrogen-bond acceptors (Lipinski definition) is 6. The topological polar surface area (TPSA) is 68.4 Å². The van der Waals surface area contributed by atoms with Crippen molar-refractivity contribution in [1.82, 2.24) is 25.0 Å². The molecule has 0 aliphatic carbocycles. The maximum atomic E-state index is 14.7. The van der Waals surface area contributed by atoms with Crippen LogP contribution in [0.4, 0.5) is 4.39 Å². The van der Waals surface area contributed by atoms with Crippen LogP contribution in [0.5, 0.6) is 0 Å². The summed E-state index contributed by atoms with van der Waals surface area (Å²) in [6.07, 6.45) is 5.19. The molecule has 27 heavy (non-hydrogen) atoms. The van der Waals surface area contributed by atoms with E-state index in [1.807, 2.05) is 32.2 Å². The van der Waals surface area contributed by atoms with Crippen molar-refractivity contribution < 1.29 is 9.13 Å². The Morgan fingerprint density at radius 3 is 2.85 bits per heavy atom. The molecule has 4 rings (SSSR count). The molecule has 0 spiro atoms. The van der Waals surface area contributed by atoms with Gasteiger partial charge in [-0.2, -0.15) is 5.10 Å². The van der Waals surface area contributed by atoms with Gasteiger partial charge in [-0.15, -0.1) is 5.10 Å². The molecular weight excluding hydrogens is 347 g/mol. The van der Waals surface area contributed by atoms with Crippen LogP contribution in [0.2, 0.25) is 0 Å². The van der Waals surface area contributed by atoms with Crippen LogP contribution in [0.1, 0.15) is 41.9 Å². The van der Waals surface area contributed by atoms with Crippen molar-refractivity contribution in [3.63, 3.8) is 0 Å². The van der Waals surface area contributed by atoms with Crippen molar-refractivity contribution in [2.75, 3.05) is 20.2 Å². The average molecular weight is 372 g/mol. The predicted octanol–water partition coefficient (Wildman–Crippen LogP) is 2.46. The van der Waals surface area contributed by atoms with Gasteiger partial charge >= 0.3 is 0 Å². The predicted molar refractivity (Wildman–Crippen MR) is 98.7 cm³/mol. The Balaban J connectivity index is 1.66. The Labute approximate surface area is 158 Å². The minimum Gasteiger partial charge on any atom is -0.372 e. The zero-order valence-electron chi connectivity index (χ0n) is 15.9. The van der Waals surface area contributed by atoms with E-state index in [0.717, 1.165) is 30.8 Å². The molecule has 1 fully saturated rings. The van der Waals surface area contributed by atoms with Crippen molar-refractivity contribution in [3.05, 3.63) is 41.2 Å². The highest BCUT2D eigenvalue weighted by Crippen LogP contribution is 2.43. The standard InChI is InChI=1S/C19H25FN6O/c1-12-19(26(3)24-23-12)16-9-13(6-8-27-16)17(14-10-22-25(2)11-14)18-15(20)5-4-7-21-18/h4-5,7,10,13-14,16-17H,6,8-9,11H2,1-3H3/t13?,14-,16?,17?/m1/s1. The van der Waals surface area contributed by atoms with Gasteiger partial charge in [0, 0.05) is 51.5 Å². The molecule has 7 nitrogen and oxygen atoms in total. The van der Waals surface area contributed by atoms with E-state index in [1.165, 1.54) is 6.07 Å². The van der Waals surface area contributed by atoms with E-state index in [2.05, 4.69) is 20.4 Å². The highest BCUT2D eigenvalue weighted by atomic mass is 19.1. The van der Waals surface area contributed by atoms with Crippen LogP contribution in [-0.4, -0.2) is 51.4 Å². The van der Waals surface area contributed by atoms with Gasteiger partial charge in [0.1, 0.15) is 11.9 Å². The normalized spacial score (nSPS) is 26.5. The average Bonchev–Trinajstić information content (AvgIpc) is 3.22. The van der Waals surface area contributed by atoms with Crippen molar-refractivity contribution in [2.24, 2.45) is 24.0 Å². The summed E-state index contributed by atoms with van der Waals surface area (Å²) in [6.45, 7) is 3.35. The smallest absolute Gasteiger partial charge is 0.145 e. The van der Waals surface area contributed by atoms with Gasteiger partial charge in [0.25, 0.3) is 0 Å². The molecule has 2 aromatic heterocycles. The third-order valence-corrected chi connectivity index (χ3v) is 5.68. The molecule has 4 heterocycles. The lowest BCUT2D eigenvalue weighted by molar-refractivity contribution is -0.0241. The van der Waals surface area contributed by atoms with Crippen LogP contribution < -0.4 is 0 Å². The third kappa shape index (κ3) is 3.45. The van der Waals surface area contributed by atoms with Gasteiger partial charge in [-0.1, -0.05) is 5.21 Å². The first-order chi connectivity index (χ1) is 13.0. The molecule has 144 valence electrons. The van der Waals surface area contributed by atoms with Crippen LogP contribution in [0.15, 0.2) is 23.4 Å². The van der Waals surface area contributed by atoms with Crippen LogP contribution in [0, 0.1) is 24.6 Å². The number of halogens is 1. The Morgan fingerprint density at radius 2 is 2.19 bits per heavy atom. The molecule has 2 aliphatic heterocycles. The first-order valence-corrected chi connectivity index (χ1v) is 9.38. The number of hydrazone groups is 1. The van der Waals surface area contributed by atoms with Crippen molar-refractivity contribution in [1.29, 1.82) is 0 Å². The van der Waals surface area contributed by atoms with Gasteiger partial charge < -0.3 is 4.74 Å². The summed E-state index contributed by atoms with van der Waals surface area (Å²) in [5.41, 5.74) is 2.41. The summed E-state index contributed by atoms with van der Waals surface area (Å²) in [5, 5.41) is 14.6. The van der Waals surface area contributed by atoms with E-state index in [9.17, 15) is 4.39 Å². The zero-order valence-corrected chi connectivity index (χ0v) is 15.9. The van der Waals surface area contributed by atoms with E-state index >= 15 is 0 Å². The summed E-state index contributed by atoms with van der Waals surface area (Å²) in [6, 6.07) is 3.14. The molecule has 0 aromatic carbocycles. The first kappa shape index (κ1) is 18.0. The lowest BCUT2D eigenvalue weighted by Gasteiger charge is -2.36. The number of pyridine rings is 1. The van der Waals surface area contributed by atoms with Gasteiger partial charge in [0.15, 0.2) is 0 Å². The fourth-order valence-electron chi connectivity index (χ4n) is 4.47. The molecule has 0 saturated carbocycles. The lowest BCUT2D eigenvalue weighted by atomic mass is 9.74. The quantitative estimate of drug-likeness (QED) is 0.825. The number of aryl methyl sites for hydroxylation is 2. The largest absolute Gasteiger partial charge is 0.372 e. The molecule has 0 N–H and O–H groups in total. The van der Waals surface area contributed by atoms with Gasteiger partial charge in [0.2, 0.25) is 0 Å². The molecular formula is C19H25FN6O. The molecule has 8 heteroatoms. The summed E-state index contributed by atoms with van der Waals surface area (Å²) in [7, 11) is 3.83. The number of nitrogens with zero attached hydrogens (tertiary/aromatic N) is 6. The summed E-state index contributed by atoms with van der Waals surface area (Å²) in [5.74, 6) is 0.0963. The van der Waals surface area contributed by atoms with Crippen LogP contribution >= 0.6 is 0 Å². The highest BCUT2D eigenvalue weighted by molar-refractivity contribution is 5.64. The SMILES string of the molecule is Cc1nnn(C)c1C1CC(C(c2ncccc2F)[C@@H]2C=NN(C)C2)CCO1. The summed E-state index contributed by atoms with van der Waals surface area (Å²) >= 11 is 0. The minimum atomic E-state index is -0.244. The molecule has 0 bridgehead atoms. The van der Waals surface area contributed by atoms with Crippen LogP contribution in [-0.2, 0) is 11.8 Å². The monoisotopic (exact) mass is 372 g/mol.